The number of carbonyl (C=O) groups is 3. The molecule has 5 rings (SSSR count). The summed E-state index contributed by atoms with van der Waals surface area (Å²) in [5.74, 6) is -2.44. The second-order valence-electron chi connectivity index (χ2n) is 11.7. The fourth-order valence-electron chi connectivity index (χ4n) is 6.63. The average Bonchev–Trinajstić information content (AvgIpc) is 3.28. The number of Topliss-reactive ketones (excluding diaryl/α,β-unsaturated/α-hetero) is 1. The van der Waals surface area contributed by atoms with E-state index in [0.29, 0.717) is 6.42 Å². The molecule has 1 amide bonds. The summed E-state index contributed by atoms with van der Waals surface area (Å²) < 4.78 is 44.4. The number of ketones is 1. The standard InChI is InChI=1S/C28H30Cl2F3N3O4/c1-26(25(39)40)11-6-16(7-12-26)36-23(28(31,32)33)17(14-34-36)24(38)35(21-8-13-27(21)9-3-10-27)15-20(37)22-18(29)4-2-5-19(22)30/h2,4-5,14,16,21H,3,6-13,15H2,1H3,(H,39,40)/t16-,21-,26-/m1/s1. The summed E-state index contributed by atoms with van der Waals surface area (Å²) in [6, 6.07) is 3.48. The SMILES string of the molecule is C[C@]1(C(=O)O)CC[C@H](n2ncc(C(=O)N(CC(=O)c3c(Cl)cccc3Cl)[C@@H]3CCC34CCC4)c2C(F)(F)F)CC1. The molecule has 3 aliphatic rings. The first kappa shape index (κ1) is 28.9. The fraction of sp³-hybridized carbons (Fsp3) is 0.571. The number of aliphatic carboxylic acids is 1. The van der Waals surface area contributed by atoms with E-state index in [0.717, 1.165) is 36.6 Å². The van der Waals surface area contributed by atoms with E-state index in [1.165, 1.54) is 17.0 Å². The van der Waals surface area contributed by atoms with Crippen molar-refractivity contribution in [2.24, 2.45) is 10.8 Å². The van der Waals surface area contributed by atoms with Gasteiger partial charge in [-0.1, -0.05) is 35.7 Å². The van der Waals surface area contributed by atoms with E-state index in [1.54, 1.807) is 13.0 Å². The molecule has 0 saturated heterocycles. The summed E-state index contributed by atoms with van der Waals surface area (Å²) >= 11 is 12.5. The third-order valence-corrected chi connectivity index (χ3v) is 10.0. The molecular formula is C28H30Cl2F3N3O4. The summed E-state index contributed by atoms with van der Waals surface area (Å²) in [6.45, 7) is 1.13. The van der Waals surface area contributed by atoms with Crippen molar-refractivity contribution in [3.63, 3.8) is 0 Å². The highest BCUT2D eigenvalue weighted by Crippen LogP contribution is 2.58. The summed E-state index contributed by atoms with van der Waals surface area (Å²) in [5, 5.41) is 13.7. The zero-order valence-electron chi connectivity index (χ0n) is 21.9. The Morgan fingerprint density at radius 1 is 1.07 bits per heavy atom. The molecular weight excluding hydrogens is 570 g/mol. The Bertz CT molecular complexity index is 1320. The van der Waals surface area contributed by atoms with Gasteiger partial charge in [-0.3, -0.25) is 19.1 Å². The monoisotopic (exact) mass is 599 g/mol. The van der Waals surface area contributed by atoms with Crippen LogP contribution in [0.4, 0.5) is 13.2 Å². The van der Waals surface area contributed by atoms with Crippen LogP contribution in [0.15, 0.2) is 24.4 Å². The lowest BCUT2D eigenvalue weighted by Crippen LogP contribution is -2.61. The Kier molecular flexibility index (Phi) is 7.48. The molecule has 216 valence electrons. The van der Waals surface area contributed by atoms with Crippen LogP contribution in [0.1, 0.15) is 97.2 Å². The topological polar surface area (TPSA) is 92.5 Å². The highest BCUT2D eigenvalue weighted by molar-refractivity contribution is 6.40. The molecule has 0 aliphatic heterocycles. The van der Waals surface area contributed by atoms with E-state index < -0.39 is 53.1 Å². The lowest BCUT2D eigenvalue weighted by atomic mass is 9.52. The number of nitrogens with zero attached hydrogens (tertiary/aromatic N) is 3. The van der Waals surface area contributed by atoms with Crippen LogP contribution in [0.5, 0.6) is 0 Å². The quantitative estimate of drug-likeness (QED) is 0.343. The third kappa shape index (κ3) is 4.91. The lowest BCUT2D eigenvalue weighted by Gasteiger charge is -2.59. The van der Waals surface area contributed by atoms with Crippen LogP contribution in [0.2, 0.25) is 10.0 Å². The highest BCUT2D eigenvalue weighted by Gasteiger charge is 2.55. The van der Waals surface area contributed by atoms with Crippen molar-refractivity contribution in [3.8, 4) is 0 Å². The number of halogens is 5. The molecule has 1 aromatic carbocycles. The van der Waals surface area contributed by atoms with E-state index in [9.17, 15) is 32.7 Å². The number of benzene rings is 1. The van der Waals surface area contributed by atoms with E-state index in [-0.39, 0.29) is 52.7 Å². The van der Waals surface area contributed by atoms with E-state index in [4.69, 9.17) is 23.2 Å². The van der Waals surface area contributed by atoms with Gasteiger partial charge in [-0.2, -0.15) is 18.3 Å². The minimum atomic E-state index is -4.90. The Labute approximate surface area is 239 Å². The zero-order valence-corrected chi connectivity index (χ0v) is 23.5. The molecule has 12 heteroatoms. The molecule has 1 aromatic heterocycles. The largest absolute Gasteiger partial charge is 0.481 e. The summed E-state index contributed by atoms with van der Waals surface area (Å²) in [6.07, 6.45) is 0.864. The van der Waals surface area contributed by atoms with Gasteiger partial charge in [-0.15, -0.1) is 0 Å². The summed E-state index contributed by atoms with van der Waals surface area (Å²) in [4.78, 5) is 40.3. The second-order valence-corrected chi connectivity index (χ2v) is 12.5. The average molecular weight is 600 g/mol. The van der Waals surface area contributed by atoms with Crippen LogP contribution in [-0.2, 0) is 11.0 Å². The molecule has 1 spiro atoms. The van der Waals surface area contributed by atoms with Gasteiger partial charge in [-0.05, 0) is 75.8 Å². The molecule has 1 heterocycles. The first-order chi connectivity index (χ1) is 18.8. The molecule has 7 nitrogen and oxygen atoms in total. The van der Waals surface area contributed by atoms with Crippen LogP contribution in [0, 0.1) is 10.8 Å². The van der Waals surface area contributed by atoms with Crippen molar-refractivity contribution in [1.82, 2.24) is 14.7 Å². The van der Waals surface area contributed by atoms with E-state index in [1.807, 2.05) is 0 Å². The van der Waals surface area contributed by atoms with E-state index >= 15 is 0 Å². The van der Waals surface area contributed by atoms with Crippen LogP contribution in [-0.4, -0.2) is 50.0 Å². The van der Waals surface area contributed by atoms with Gasteiger partial charge in [0.05, 0.1) is 45.4 Å². The van der Waals surface area contributed by atoms with Crippen molar-refractivity contribution < 1.29 is 32.7 Å². The van der Waals surface area contributed by atoms with Gasteiger partial charge in [0.2, 0.25) is 0 Å². The van der Waals surface area contributed by atoms with Crippen LogP contribution < -0.4 is 0 Å². The zero-order chi connectivity index (χ0) is 29.0. The number of carboxylic acids is 1. The highest BCUT2D eigenvalue weighted by atomic mass is 35.5. The number of hydrogen-bond acceptors (Lipinski definition) is 4. The van der Waals surface area contributed by atoms with Gasteiger partial charge in [0, 0.05) is 6.04 Å². The number of hydrogen-bond donors (Lipinski definition) is 1. The molecule has 0 bridgehead atoms. The maximum absolute atomic E-state index is 14.5. The van der Waals surface area contributed by atoms with Gasteiger partial charge in [-0.25, -0.2) is 0 Å². The van der Waals surface area contributed by atoms with Gasteiger partial charge < -0.3 is 10.0 Å². The fourth-order valence-corrected chi connectivity index (χ4v) is 7.24. The number of carboxylic acid groups (broad SMARTS) is 1. The predicted octanol–water partition coefficient (Wildman–Crippen LogP) is 7.07. The van der Waals surface area contributed by atoms with Crippen molar-refractivity contribution in [1.29, 1.82) is 0 Å². The first-order valence-corrected chi connectivity index (χ1v) is 14.2. The van der Waals surface area contributed by atoms with E-state index in [2.05, 4.69) is 5.10 Å². The molecule has 3 saturated carbocycles. The number of alkyl halides is 3. The molecule has 40 heavy (non-hydrogen) atoms. The van der Waals surface area contributed by atoms with Gasteiger partial charge in [0.1, 0.15) is 0 Å². The van der Waals surface area contributed by atoms with Crippen molar-refractivity contribution in [2.75, 3.05) is 6.54 Å². The molecule has 0 unspecified atom stereocenters. The summed E-state index contributed by atoms with van der Waals surface area (Å²) in [7, 11) is 0. The molecule has 2 aromatic rings. The van der Waals surface area contributed by atoms with Crippen LogP contribution >= 0.6 is 23.2 Å². The molecule has 0 radical (unpaired) electrons. The number of aromatic nitrogens is 2. The predicted molar refractivity (Wildman–Crippen MR) is 142 cm³/mol. The molecule has 3 fully saturated rings. The lowest BCUT2D eigenvalue weighted by molar-refractivity contribution is -0.152. The molecule has 1 atom stereocenters. The maximum atomic E-state index is 14.5. The second kappa shape index (κ2) is 10.4. The van der Waals surface area contributed by atoms with Crippen LogP contribution in [0.3, 0.4) is 0 Å². The Morgan fingerprint density at radius 3 is 2.17 bits per heavy atom. The minimum absolute atomic E-state index is 0.0287. The van der Waals surface area contributed by atoms with Gasteiger partial charge >= 0.3 is 12.1 Å². The number of amides is 1. The Hall–Kier alpha value is -2.59. The van der Waals surface area contributed by atoms with Crippen molar-refractivity contribution in [2.45, 2.75) is 83.0 Å². The van der Waals surface area contributed by atoms with Gasteiger partial charge in [0.25, 0.3) is 5.91 Å². The Morgan fingerprint density at radius 2 is 1.70 bits per heavy atom. The third-order valence-electron chi connectivity index (χ3n) is 9.38. The first-order valence-electron chi connectivity index (χ1n) is 13.4. The normalized spacial score (nSPS) is 25.6. The summed E-state index contributed by atoms with van der Waals surface area (Å²) in [5.41, 5.74) is -2.96. The van der Waals surface area contributed by atoms with Crippen molar-refractivity contribution in [3.05, 3.63) is 51.3 Å². The molecule has 3 aliphatic carbocycles. The van der Waals surface area contributed by atoms with Gasteiger partial charge in [0.15, 0.2) is 11.5 Å². The number of carbonyl (C=O) groups excluding carboxylic acids is 2. The molecule has 1 N–H and O–H groups in total. The van der Waals surface area contributed by atoms with Crippen LogP contribution in [0.25, 0.3) is 0 Å². The Balaban J connectivity index is 1.49. The number of rotatable bonds is 7. The van der Waals surface area contributed by atoms with Crippen molar-refractivity contribution >= 4 is 40.9 Å². The minimum Gasteiger partial charge on any atom is -0.481 e. The maximum Gasteiger partial charge on any atom is 0.433 e. The smallest absolute Gasteiger partial charge is 0.433 e.